The Bertz CT molecular complexity index is 610. The molecule has 27 heavy (non-hydrogen) atoms. The highest BCUT2D eigenvalue weighted by Gasteiger charge is 2.26. The molecule has 1 aromatic carbocycles. The standard InChI is InChI=1S/C19H29N3O4S/c1-4-26-17(23)12-20-18(24)15(11-14-8-6-5-7-9-14)21-19(25)16(22-27)10-13(2)3/h5-9,13,15-16,22,27H,4,10-12H2,1-3H3,(H,20,24)(H,21,25)/t15-,16-/m0/s1. The van der Waals surface area contributed by atoms with Crippen LogP contribution in [0.4, 0.5) is 0 Å². The van der Waals surface area contributed by atoms with Crippen LogP contribution < -0.4 is 15.4 Å². The highest BCUT2D eigenvalue weighted by molar-refractivity contribution is 7.78. The fourth-order valence-corrected chi connectivity index (χ4v) is 2.74. The second kappa shape index (κ2) is 12.3. The predicted molar refractivity (Wildman–Crippen MR) is 107 cm³/mol. The first kappa shape index (κ1) is 23.0. The normalized spacial score (nSPS) is 12.9. The first-order chi connectivity index (χ1) is 12.9. The SMILES string of the molecule is CCOC(=O)CNC(=O)[C@H](Cc1ccccc1)NC(=O)[C@H](CC(C)C)NS. The maximum atomic E-state index is 12.6. The van der Waals surface area contributed by atoms with Gasteiger partial charge in [-0.25, -0.2) is 0 Å². The third-order valence-electron chi connectivity index (χ3n) is 3.81. The number of amides is 2. The molecule has 1 aromatic rings. The van der Waals surface area contributed by atoms with E-state index in [0.29, 0.717) is 12.8 Å². The Morgan fingerprint density at radius 2 is 1.74 bits per heavy atom. The number of carbonyl (C=O) groups is 3. The molecule has 0 bridgehead atoms. The molecule has 150 valence electrons. The van der Waals surface area contributed by atoms with E-state index in [1.807, 2.05) is 44.2 Å². The Hall–Kier alpha value is -2.06. The lowest BCUT2D eigenvalue weighted by Crippen LogP contribution is -2.53. The second-order valence-electron chi connectivity index (χ2n) is 6.58. The Balaban J connectivity index is 2.81. The van der Waals surface area contributed by atoms with Gasteiger partial charge >= 0.3 is 5.97 Å². The summed E-state index contributed by atoms with van der Waals surface area (Å²) in [5.41, 5.74) is 0.897. The van der Waals surface area contributed by atoms with Gasteiger partial charge in [0.1, 0.15) is 12.6 Å². The molecule has 3 N–H and O–H groups in total. The van der Waals surface area contributed by atoms with Crippen molar-refractivity contribution >= 4 is 30.6 Å². The maximum absolute atomic E-state index is 12.6. The number of ether oxygens (including phenoxy) is 1. The molecule has 0 aliphatic rings. The van der Waals surface area contributed by atoms with Crippen molar-refractivity contribution in [3.05, 3.63) is 35.9 Å². The predicted octanol–water partition coefficient (Wildman–Crippen LogP) is 1.24. The van der Waals surface area contributed by atoms with Gasteiger partial charge in [0, 0.05) is 6.42 Å². The van der Waals surface area contributed by atoms with Crippen LogP contribution in [0.15, 0.2) is 30.3 Å². The molecular weight excluding hydrogens is 366 g/mol. The lowest BCUT2D eigenvalue weighted by molar-refractivity contribution is -0.143. The summed E-state index contributed by atoms with van der Waals surface area (Å²) in [6.07, 6.45) is 0.889. The molecule has 0 fully saturated rings. The molecule has 0 aliphatic carbocycles. The summed E-state index contributed by atoms with van der Waals surface area (Å²) >= 11 is 4.02. The molecule has 0 aliphatic heterocycles. The van der Waals surface area contributed by atoms with Crippen molar-refractivity contribution < 1.29 is 19.1 Å². The first-order valence-corrected chi connectivity index (χ1v) is 9.49. The van der Waals surface area contributed by atoms with E-state index in [9.17, 15) is 14.4 Å². The Kier molecular flexibility index (Phi) is 10.5. The number of hydrogen-bond acceptors (Lipinski definition) is 6. The minimum atomic E-state index is -0.814. The Morgan fingerprint density at radius 3 is 2.30 bits per heavy atom. The van der Waals surface area contributed by atoms with Crippen molar-refractivity contribution in [2.24, 2.45) is 5.92 Å². The summed E-state index contributed by atoms with van der Waals surface area (Å²) in [5.74, 6) is -0.996. The van der Waals surface area contributed by atoms with Crippen LogP contribution in [0.1, 0.15) is 32.8 Å². The van der Waals surface area contributed by atoms with Gasteiger partial charge in [-0.2, -0.15) is 0 Å². The number of esters is 1. The Morgan fingerprint density at radius 1 is 1.07 bits per heavy atom. The molecule has 8 heteroatoms. The quantitative estimate of drug-likeness (QED) is 0.334. The fourth-order valence-electron chi connectivity index (χ4n) is 2.52. The van der Waals surface area contributed by atoms with Crippen molar-refractivity contribution in [3.8, 4) is 0 Å². The molecule has 2 atom stereocenters. The van der Waals surface area contributed by atoms with E-state index in [1.165, 1.54) is 0 Å². The van der Waals surface area contributed by atoms with Crippen molar-refractivity contribution in [1.82, 2.24) is 15.4 Å². The third-order valence-corrected chi connectivity index (χ3v) is 4.12. The van der Waals surface area contributed by atoms with Crippen LogP contribution in [0, 0.1) is 5.92 Å². The lowest BCUT2D eigenvalue weighted by atomic mass is 10.0. The van der Waals surface area contributed by atoms with E-state index < -0.39 is 24.0 Å². The minimum absolute atomic E-state index is 0.239. The van der Waals surface area contributed by atoms with Gasteiger partial charge in [0.05, 0.1) is 12.6 Å². The van der Waals surface area contributed by atoms with E-state index in [-0.39, 0.29) is 25.0 Å². The maximum Gasteiger partial charge on any atom is 0.325 e. The first-order valence-electron chi connectivity index (χ1n) is 9.04. The summed E-state index contributed by atoms with van der Waals surface area (Å²) < 4.78 is 7.49. The summed E-state index contributed by atoms with van der Waals surface area (Å²) in [5, 5.41) is 5.29. The van der Waals surface area contributed by atoms with Gasteiger partial charge in [-0.05, 0) is 24.8 Å². The van der Waals surface area contributed by atoms with Crippen LogP contribution in [0.5, 0.6) is 0 Å². The zero-order valence-electron chi connectivity index (χ0n) is 16.0. The second-order valence-corrected chi connectivity index (χ2v) is 6.84. The number of thiol groups is 1. The van der Waals surface area contributed by atoms with Crippen LogP contribution in [0.3, 0.4) is 0 Å². The number of benzene rings is 1. The van der Waals surface area contributed by atoms with Crippen molar-refractivity contribution in [2.75, 3.05) is 13.2 Å². The zero-order chi connectivity index (χ0) is 20.2. The molecule has 7 nitrogen and oxygen atoms in total. The lowest BCUT2D eigenvalue weighted by Gasteiger charge is -2.23. The van der Waals surface area contributed by atoms with Gasteiger partial charge in [-0.3, -0.25) is 19.1 Å². The van der Waals surface area contributed by atoms with Crippen LogP contribution in [-0.2, 0) is 25.5 Å². The molecule has 0 spiro atoms. The molecule has 0 saturated carbocycles. The summed E-state index contributed by atoms with van der Waals surface area (Å²) in [6, 6.07) is 8.01. The Labute approximate surface area is 166 Å². The summed E-state index contributed by atoms with van der Waals surface area (Å²) in [4.78, 5) is 36.6. The van der Waals surface area contributed by atoms with E-state index in [0.717, 1.165) is 5.56 Å². The van der Waals surface area contributed by atoms with E-state index in [2.05, 4.69) is 28.2 Å². The fraction of sp³-hybridized carbons (Fsp3) is 0.526. The van der Waals surface area contributed by atoms with Gasteiger partial charge in [0.2, 0.25) is 11.8 Å². The van der Waals surface area contributed by atoms with Gasteiger partial charge in [0.15, 0.2) is 0 Å². The van der Waals surface area contributed by atoms with Crippen molar-refractivity contribution in [3.63, 3.8) is 0 Å². The third kappa shape index (κ3) is 8.92. The topological polar surface area (TPSA) is 96.5 Å². The molecule has 0 saturated heterocycles. The molecular formula is C19H29N3O4S. The van der Waals surface area contributed by atoms with Crippen LogP contribution >= 0.6 is 12.8 Å². The van der Waals surface area contributed by atoms with Crippen LogP contribution in [-0.4, -0.2) is 43.0 Å². The van der Waals surface area contributed by atoms with Crippen LogP contribution in [0.2, 0.25) is 0 Å². The van der Waals surface area contributed by atoms with Gasteiger partial charge in [-0.1, -0.05) is 57.0 Å². The molecule has 2 amide bonds. The summed E-state index contributed by atoms with van der Waals surface area (Å²) in [7, 11) is 0. The average Bonchev–Trinajstić information content (AvgIpc) is 2.64. The van der Waals surface area contributed by atoms with Crippen molar-refractivity contribution in [1.29, 1.82) is 0 Å². The van der Waals surface area contributed by atoms with E-state index in [1.54, 1.807) is 6.92 Å². The molecule has 0 radical (unpaired) electrons. The largest absolute Gasteiger partial charge is 0.465 e. The number of carbonyl (C=O) groups excluding carboxylic acids is 3. The monoisotopic (exact) mass is 395 g/mol. The zero-order valence-corrected chi connectivity index (χ0v) is 16.9. The minimum Gasteiger partial charge on any atom is -0.465 e. The summed E-state index contributed by atoms with van der Waals surface area (Å²) in [6.45, 7) is 5.69. The number of rotatable bonds is 11. The average molecular weight is 396 g/mol. The van der Waals surface area contributed by atoms with Gasteiger partial charge < -0.3 is 15.4 Å². The molecule has 0 heterocycles. The van der Waals surface area contributed by atoms with Gasteiger partial charge in [0.25, 0.3) is 0 Å². The van der Waals surface area contributed by atoms with E-state index in [4.69, 9.17) is 4.74 Å². The smallest absolute Gasteiger partial charge is 0.325 e. The number of nitrogens with one attached hydrogen (secondary N) is 3. The number of hydrogen-bond donors (Lipinski definition) is 4. The molecule has 1 rings (SSSR count). The van der Waals surface area contributed by atoms with Gasteiger partial charge in [-0.15, -0.1) is 0 Å². The highest BCUT2D eigenvalue weighted by Crippen LogP contribution is 2.08. The van der Waals surface area contributed by atoms with E-state index >= 15 is 0 Å². The molecule has 0 unspecified atom stereocenters. The van der Waals surface area contributed by atoms with Crippen molar-refractivity contribution in [2.45, 2.75) is 45.7 Å². The molecule has 0 aromatic heterocycles. The highest BCUT2D eigenvalue weighted by atomic mass is 32.1. The van der Waals surface area contributed by atoms with Crippen LogP contribution in [0.25, 0.3) is 0 Å².